The Morgan fingerprint density at radius 1 is 0.808 bits per heavy atom. The lowest BCUT2D eigenvalue weighted by Gasteiger charge is -2.26. The molecule has 134 valence electrons. The van der Waals surface area contributed by atoms with Gasteiger partial charge in [-0.25, -0.2) is 9.59 Å². The lowest BCUT2D eigenvalue weighted by Crippen LogP contribution is -2.30. The first-order valence-electron chi connectivity index (χ1n) is 8.28. The van der Waals surface area contributed by atoms with Crippen molar-refractivity contribution in [2.45, 2.75) is 25.4 Å². The third-order valence-electron chi connectivity index (χ3n) is 3.82. The summed E-state index contributed by atoms with van der Waals surface area (Å²) in [6.45, 7) is 0. The average molecular weight is 354 g/mol. The number of carbonyl (C=O) groups excluding carboxylic acids is 2. The van der Waals surface area contributed by atoms with Gasteiger partial charge in [-0.1, -0.05) is 36.4 Å². The topological polar surface area (TPSA) is 71.1 Å². The molecule has 2 radical (unpaired) electrons. The molecule has 6 nitrogen and oxygen atoms in total. The van der Waals surface area contributed by atoms with E-state index in [9.17, 15) is 9.59 Å². The number of carbonyl (C=O) groups is 2. The number of hydrogen-bond acceptors (Lipinski definition) is 6. The SMILES string of the molecule is O=C(OO[C]1CC[CH]CC1OOC(=O)c1ccccc1)c1ccccc1. The molecule has 0 saturated heterocycles. The van der Waals surface area contributed by atoms with Crippen molar-refractivity contribution in [2.24, 2.45) is 0 Å². The molecule has 0 amide bonds. The first-order valence-corrected chi connectivity index (χ1v) is 8.28. The fourth-order valence-electron chi connectivity index (χ4n) is 2.43. The fourth-order valence-corrected chi connectivity index (χ4v) is 2.43. The molecular weight excluding hydrogens is 336 g/mol. The van der Waals surface area contributed by atoms with Crippen molar-refractivity contribution in [1.82, 2.24) is 0 Å². The summed E-state index contributed by atoms with van der Waals surface area (Å²) >= 11 is 0. The van der Waals surface area contributed by atoms with Gasteiger partial charge in [-0.3, -0.25) is 9.78 Å². The standard InChI is InChI=1S/C20H18O6/c21-19(15-9-3-1-4-10-15)25-23-17-13-7-8-14-18(17)24-26-20(22)16-11-5-2-6-12-16/h1-7,9-12,17H,8,13-14H2. The largest absolute Gasteiger partial charge is 0.373 e. The maximum absolute atomic E-state index is 12.0. The van der Waals surface area contributed by atoms with E-state index in [1.165, 1.54) is 0 Å². The smallest absolute Gasteiger partial charge is 0.292 e. The minimum Gasteiger partial charge on any atom is -0.292 e. The van der Waals surface area contributed by atoms with Crippen LogP contribution in [-0.2, 0) is 19.6 Å². The Kier molecular flexibility index (Phi) is 6.35. The molecule has 1 fully saturated rings. The fraction of sp³-hybridized carbons (Fsp3) is 0.200. The highest BCUT2D eigenvalue weighted by Gasteiger charge is 2.32. The van der Waals surface area contributed by atoms with E-state index in [0.29, 0.717) is 30.1 Å². The molecule has 2 aromatic rings. The van der Waals surface area contributed by atoms with Gasteiger partial charge >= 0.3 is 11.9 Å². The molecule has 0 aliphatic heterocycles. The van der Waals surface area contributed by atoms with E-state index in [4.69, 9.17) is 19.6 Å². The van der Waals surface area contributed by atoms with E-state index in [2.05, 4.69) is 0 Å². The van der Waals surface area contributed by atoms with Crippen LogP contribution in [0.3, 0.4) is 0 Å². The van der Waals surface area contributed by atoms with Gasteiger partial charge in [0, 0.05) is 0 Å². The van der Waals surface area contributed by atoms with Crippen LogP contribution in [0.2, 0.25) is 0 Å². The Morgan fingerprint density at radius 3 is 2.00 bits per heavy atom. The quantitative estimate of drug-likeness (QED) is 0.580. The normalized spacial score (nSPS) is 17.5. The van der Waals surface area contributed by atoms with E-state index >= 15 is 0 Å². The predicted octanol–water partition coefficient (Wildman–Crippen LogP) is 3.85. The van der Waals surface area contributed by atoms with Crippen molar-refractivity contribution in [3.8, 4) is 0 Å². The van der Waals surface area contributed by atoms with Crippen LogP contribution in [0.25, 0.3) is 0 Å². The van der Waals surface area contributed by atoms with Crippen LogP contribution in [0, 0.1) is 12.5 Å². The van der Waals surface area contributed by atoms with Crippen LogP contribution in [0.5, 0.6) is 0 Å². The summed E-state index contributed by atoms with van der Waals surface area (Å²) in [6.07, 6.45) is 3.52. The van der Waals surface area contributed by atoms with Crippen LogP contribution < -0.4 is 0 Å². The van der Waals surface area contributed by atoms with Gasteiger partial charge in [-0.2, -0.15) is 9.78 Å². The van der Waals surface area contributed by atoms with Gasteiger partial charge in [0.25, 0.3) is 0 Å². The van der Waals surface area contributed by atoms with Crippen molar-refractivity contribution in [2.75, 3.05) is 0 Å². The molecule has 1 unspecified atom stereocenters. The lowest BCUT2D eigenvalue weighted by molar-refractivity contribution is -0.317. The van der Waals surface area contributed by atoms with Gasteiger partial charge in [0.2, 0.25) is 0 Å². The number of hydrogen-bond donors (Lipinski definition) is 0. The molecule has 1 aliphatic rings. The zero-order valence-electron chi connectivity index (χ0n) is 14.0. The Bertz CT molecular complexity index is 652. The maximum Gasteiger partial charge on any atom is 0.373 e. The average Bonchev–Trinajstić information content (AvgIpc) is 2.72. The molecule has 1 aliphatic carbocycles. The number of benzene rings is 2. The minimum atomic E-state index is -0.625. The first kappa shape index (κ1) is 18.1. The van der Waals surface area contributed by atoms with Gasteiger partial charge in [-0.15, -0.1) is 0 Å². The third-order valence-corrected chi connectivity index (χ3v) is 3.82. The second-order valence-corrected chi connectivity index (χ2v) is 5.67. The van der Waals surface area contributed by atoms with Gasteiger partial charge in [0.1, 0.15) is 6.10 Å². The summed E-state index contributed by atoms with van der Waals surface area (Å²) < 4.78 is 0. The minimum absolute atomic E-state index is 0.378. The van der Waals surface area contributed by atoms with E-state index in [0.717, 1.165) is 6.42 Å². The Morgan fingerprint density at radius 2 is 1.38 bits per heavy atom. The third kappa shape index (κ3) is 4.91. The van der Waals surface area contributed by atoms with Crippen LogP contribution in [0.4, 0.5) is 0 Å². The molecule has 1 saturated carbocycles. The second kappa shape index (κ2) is 9.12. The maximum atomic E-state index is 12.0. The highest BCUT2D eigenvalue weighted by molar-refractivity contribution is 5.89. The van der Waals surface area contributed by atoms with E-state index < -0.39 is 18.0 Å². The van der Waals surface area contributed by atoms with Gasteiger partial charge < -0.3 is 0 Å². The summed E-state index contributed by atoms with van der Waals surface area (Å²) in [5.74, 6) is -1.20. The van der Waals surface area contributed by atoms with E-state index in [1.54, 1.807) is 60.7 Å². The first-order chi connectivity index (χ1) is 12.7. The Hall–Kier alpha value is -2.70. The zero-order chi connectivity index (χ0) is 18.2. The van der Waals surface area contributed by atoms with Crippen LogP contribution in [0.1, 0.15) is 40.0 Å². The summed E-state index contributed by atoms with van der Waals surface area (Å²) in [6, 6.07) is 17.0. The molecule has 0 bridgehead atoms. The van der Waals surface area contributed by atoms with E-state index in [1.807, 2.05) is 6.42 Å². The van der Waals surface area contributed by atoms with Crippen molar-refractivity contribution >= 4 is 11.9 Å². The summed E-state index contributed by atoms with van der Waals surface area (Å²) in [4.78, 5) is 44.1. The molecule has 0 aromatic heterocycles. The van der Waals surface area contributed by atoms with E-state index in [-0.39, 0.29) is 0 Å². The summed E-state index contributed by atoms with van der Waals surface area (Å²) in [5.41, 5.74) is 0.758. The molecular formula is C20H18O6. The molecule has 2 aromatic carbocycles. The van der Waals surface area contributed by atoms with Crippen LogP contribution >= 0.6 is 0 Å². The molecule has 0 spiro atoms. The van der Waals surface area contributed by atoms with Gasteiger partial charge in [-0.05, 0) is 49.9 Å². The monoisotopic (exact) mass is 354 g/mol. The lowest BCUT2D eigenvalue weighted by atomic mass is 9.95. The Labute approximate surface area is 151 Å². The molecule has 0 heterocycles. The molecule has 26 heavy (non-hydrogen) atoms. The van der Waals surface area contributed by atoms with Crippen molar-refractivity contribution in [1.29, 1.82) is 0 Å². The predicted molar refractivity (Wildman–Crippen MR) is 91.1 cm³/mol. The highest BCUT2D eigenvalue weighted by atomic mass is 17.2. The zero-order valence-corrected chi connectivity index (χ0v) is 14.0. The molecule has 0 N–H and O–H groups in total. The highest BCUT2D eigenvalue weighted by Crippen LogP contribution is 2.30. The van der Waals surface area contributed by atoms with Crippen molar-refractivity contribution < 1.29 is 29.1 Å². The second-order valence-electron chi connectivity index (χ2n) is 5.67. The van der Waals surface area contributed by atoms with Crippen LogP contribution in [0.15, 0.2) is 60.7 Å². The number of rotatable bonds is 6. The summed E-state index contributed by atoms with van der Waals surface area (Å²) in [7, 11) is 0. The van der Waals surface area contributed by atoms with Gasteiger partial charge in [0.05, 0.1) is 11.1 Å². The van der Waals surface area contributed by atoms with Gasteiger partial charge in [0.15, 0.2) is 6.10 Å². The van der Waals surface area contributed by atoms with Crippen molar-refractivity contribution in [3.63, 3.8) is 0 Å². The molecule has 3 rings (SSSR count). The van der Waals surface area contributed by atoms with Crippen LogP contribution in [-0.4, -0.2) is 18.0 Å². The molecule has 6 heteroatoms. The Balaban J connectivity index is 1.51. The summed E-state index contributed by atoms with van der Waals surface area (Å²) in [5, 5.41) is 0. The van der Waals surface area contributed by atoms with Crippen molar-refractivity contribution in [3.05, 3.63) is 84.3 Å². The molecule has 1 atom stereocenters.